The molecule has 9 heteroatoms. The van der Waals surface area contributed by atoms with E-state index in [0.717, 1.165) is 23.1 Å². The standard InChI is InChI=1S/C20H17F3N2O4/c1-11(19(27)24-16-9-13(21)6-7-14(16)22)29-20(28)12-8-18(26)25(10-12)17-5-3-2-4-15(17)23/h2-7,9,11-12H,8,10H2,1H3,(H,24,27)/t11-,12+/m1/s1. The highest BCUT2D eigenvalue weighted by Crippen LogP contribution is 2.28. The Morgan fingerprint density at radius 1 is 1.14 bits per heavy atom. The summed E-state index contributed by atoms with van der Waals surface area (Å²) in [5, 5.41) is 2.14. The number of hydrogen-bond acceptors (Lipinski definition) is 4. The van der Waals surface area contributed by atoms with Crippen molar-refractivity contribution in [2.24, 2.45) is 5.92 Å². The molecule has 1 N–H and O–H groups in total. The highest BCUT2D eigenvalue weighted by Gasteiger charge is 2.38. The van der Waals surface area contributed by atoms with E-state index in [4.69, 9.17) is 4.74 Å². The van der Waals surface area contributed by atoms with E-state index in [1.165, 1.54) is 25.1 Å². The number of nitrogens with one attached hydrogen (secondary N) is 1. The molecule has 3 rings (SSSR count). The molecule has 0 bridgehead atoms. The molecule has 1 heterocycles. The minimum atomic E-state index is -1.32. The molecule has 1 aliphatic rings. The zero-order valence-corrected chi connectivity index (χ0v) is 15.3. The first-order valence-electron chi connectivity index (χ1n) is 8.77. The summed E-state index contributed by atoms with van der Waals surface area (Å²) in [6, 6.07) is 8.21. The number of hydrogen-bond donors (Lipinski definition) is 1. The number of rotatable bonds is 5. The van der Waals surface area contributed by atoms with Crippen LogP contribution in [0.5, 0.6) is 0 Å². The van der Waals surface area contributed by atoms with Crippen LogP contribution in [0.15, 0.2) is 42.5 Å². The number of carbonyl (C=O) groups is 3. The van der Waals surface area contributed by atoms with E-state index in [-0.39, 0.29) is 24.3 Å². The Balaban J connectivity index is 1.61. The molecule has 0 aromatic heterocycles. The van der Waals surface area contributed by atoms with Gasteiger partial charge in [-0.15, -0.1) is 0 Å². The van der Waals surface area contributed by atoms with Gasteiger partial charge in [0.15, 0.2) is 6.10 Å². The van der Waals surface area contributed by atoms with Crippen LogP contribution in [0.25, 0.3) is 0 Å². The Morgan fingerprint density at radius 2 is 1.86 bits per heavy atom. The number of ether oxygens (including phenoxy) is 1. The molecule has 0 saturated carbocycles. The fourth-order valence-corrected chi connectivity index (χ4v) is 2.92. The van der Waals surface area contributed by atoms with Crippen LogP contribution >= 0.6 is 0 Å². The Hall–Kier alpha value is -3.36. The lowest BCUT2D eigenvalue weighted by Crippen LogP contribution is -2.33. The molecular formula is C20H17F3N2O4. The third-order valence-electron chi connectivity index (χ3n) is 4.45. The molecule has 0 spiro atoms. The van der Waals surface area contributed by atoms with E-state index >= 15 is 0 Å². The molecule has 2 aromatic carbocycles. The highest BCUT2D eigenvalue weighted by atomic mass is 19.1. The summed E-state index contributed by atoms with van der Waals surface area (Å²) in [6.07, 6.45) is -1.51. The van der Waals surface area contributed by atoms with Gasteiger partial charge in [-0.1, -0.05) is 12.1 Å². The molecule has 1 aliphatic heterocycles. The van der Waals surface area contributed by atoms with E-state index in [1.54, 1.807) is 6.07 Å². The van der Waals surface area contributed by atoms with Gasteiger partial charge in [0.1, 0.15) is 17.5 Å². The molecule has 1 fully saturated rings. The van der Waals surface area contributed by atoms with Gasteiger partial charge in [-0.25, -0.2) is 13.2 Å². The van der Waals surface area contributed by atoms with Crippen LogP contribution in [0.4, 0.5) is 24.5 Å². The normalized spacial score (nSPS) is 17.2. The smallest absolute Gasteiger partial charge is 0.312 e. The maximum Gasteiger partial charge on any atom is 0.312 e. The fraction of sp³-hybridized carbons (Fsp3) is 0.250. The minimum absolute atomic E-state index is 0.0557. The number of esters is 1. The second kappa shape index (κ2) is 8.34. The number of benzene rings is 2. The summed E-state index contributed by atoms with van der Waals surface area (Å²) < 4.78 is 45.8. The second-order valence-electron chi connectivity index (χ2n) is 6.55. The van der Waals surface area contributed by atoms with E-state index in [0.29, 0.717) is 0 Å². The summed E-state index contributed by atoms with van der Waals surface area (Å²) in [6.45, 7) is 1.17. The van der Waals surface area contributed by atoms with E-state index < -0.39 is 47.3 Å². The lowest BCUT2D eigenvalue weighted by atomic mass is 10.1. The lowest BCUT2D eigenvalue weighted by Gasteiger charge is -2.18. The number of para-hydroxylation sites is 1. The number of halogens is 3. The molecule has 2 atom stereocenters. The predicted octanol–water partition coefficient (Wildman–Crippen LogP) is 3.03. The lowest BCUT2D eigenvalue weighted by molar-refractivity contribution is -0.157. The number of anilines is 2. The van der Waals surface area contributed by atoms with Gasteiger partial charge in [0, 0.05) is 19.0 Å². The van der Waals surface area contributed by atoms with Gasteiger partial charge in [-0.2, -0.15) is 0 Å². The van der Waals surface area contributed by atoms with Crippen molar-refractivity contribution in [2.75, 3.05) is 16.8 Å². The zero-order valence-electron chi connectivity index (χ0n) is 15.3. The Bertz CT molecular complexity index is 966. The maximum absolute atomic E-state index is 13.9. The summed E-state index contributed by atoms with van der Waals surface area (Å²) in [7, 11) is 0. The van der Waals surface area contributed by atoms with Crippen molar-refractivity contribution in [3.05, 3.63) is 59.9 Å². The molecule has 0 unspecified atom stereocenters. The molecule has 0 radical (unpaired) electrons. The monoisotopic (exact) mass is 406 g/mol. The van der Waals surface area contributed by atoms with Gasteiger partial charge in [0.05, 0.1) is 17.3 Å². The van der Waals surface area contributed by atoms with Crippen molar-refractivity contribution < 1.29 is 32.3 Å². The molecule has 6 nitrogen and oxygen atoms in total. The van der Waals surface area contributed by atoms with Gasteiger partial charge in [-0.05, 0) is 31.2 Å². The maximum atomic E-state index is 13.9. The van der Waals surface area contributed by atoms with Gasteiger partial charge in [-0.3, -0.25) is 14.4 Å². The average molecular weight is 406 g/mol. The topological polar surface area (TPSA) is 75.7 Å². The van der Waals surface area contributed by atoms with E-state index in [1.807, 2.05) is 0 Å². The van der Waals surface area contributed by atoms with Crippen LogP contribution in [-0.2, 0) is 19.1 Å². The largest absolute Gasteiger partial charge is 0.452 e. The molecular weight excluding hydrogens is 389 g/mol. The zero-order chi connectivity index (χ0) is 21.1. The number of amides is 2. The second-order valence-corrected chi connectivity index (χ2v) is 6.55. The Labute approximate surface area is 164 Å². The van der Waals surface area contributed by atoms with Crippen molar-refractivity contribution in [1.82, 2.24) is 0 Å². The van der Waals surface area contributed by atoms with Crippen LogP contribution in [0.1, 0.15) is 13.3 Å². The van der Waals surface area contributed by atoms with Crippen LogP contribution in [0, 0.1) is 23.4 Å². The first-order chi connectivity index (χ1) is 13.8. The minimum Gasteiger partial charge on any atom is -0.452 e. The first kappa shape index (κ1) is 20.4. The number of carbonyl (C=O) groups excluding carboxylic acids is 3. The summed E-state index contributed by atoms with van der Waals surface area (Å²) in [5.74, 6) is -5.21. The Kier molecular flexibility index (Phi) is 5.86. The van der Waals surface area contributed by atoms with Crippen molar-refractivity contribution in [1.29, 1.82) is 0 Å². The van der Waals surface area contributed by atoms with E-state index in [2.05, 4.69) is 5.32 Å². The van der Waals surface area contributed by atoms with Crippen molar-refractivity contribution in [3.63, 3.8) is 0 Å². The molecule has 2 amide bonds. The van der Waals surface area contributed by atoms with Crippen molar-refractivity contribution in [2.45, 2.75) is 19.4 Å². The molecule has 152 valence electrons. The predicted molar refractivity (Wildman–Crippen MR) is 97.4 cm³/mol. The van der Waals surface area contributed by atoms with Crippen LogP contribution in [-0.4, -0.2) is 30.4 Å². The quantitative estimate of drug-likeness (QED) is 0.775. The molecule has 2 aromatic rings. The third-order valence-corrected chi connectivity index (χ3v) is 4.45. The van der Waals surface area contributed by atoms with Crippen molar-refractivity contribution in [3.8, 4) is 0 Å². The number of nitrogens with zero attached hydrogens (tertiary/aromatic N) is 1. The van der Waals surface area contributed by atoms with Crippen LogP contribution in [0.2, 0.25) is 0 Å². The summed E-state index contributed by atoms with van der Waals surface area (Å²) in [4.78, 5) is 37.8. The Morgan fingerprint density at radius 3 is 2.59 bits per heavy atom. The summed E-state index contributed by atoms with van der Waals surface area (Å²) >= 11 is 0. The van der Waals surface area contributed by atoms with Gasteiger partial charge in [0.2, 0.25) is 5.91 Å². The molecule has 1 saturated heterocycles. The fourth-order valence-electron chi connectivity index (χ4n) is 2.92. The first-order valence-corrected chi connectivity index (χ1v) is 8.77. The highest BCUT2D eigenvalue weighted by molar-refractivity contribution is 6.00. The van der Waals surface area contributed by atoms with Crippen LogP contribution in [0.3, 0.4) is 0 Å². The van der Waals surface area contributed by atoms with Gasteiger partial charge >= 0.3 is 5.97 Å². The van der Waals surface area contributed by atoms with Crippen molar-refractivity contribution >= 4 is 29.2 Å². The summed E-state index contributed by atoms with van der Waals surface area (Å²) in [5.41, 5.74) is -0.333. The molecule has 29 heavy (non-hydrogen) atoms. The third kappa shape index (κ3) is 4.56. The van der Waals surface area contributed by atoms with Gasteiger partial charge < -0.3 is 15.0 Å². The van der Waals surface area contributed by atoms with Gasteiger partial charge in [0.25, 0.3) is 5.91 Å². The van der Waals surface area contributed by atoms with Crippen LogP contribution < -0.4 is 10.2 Å². The average Bonchev–Trinajstić information content (AvgIpc) is 3.06. The molecule has 0 aliphatic carbocycles. The SMILES string of the molecule is C[C@@H](OC(=O)[C@H]1CC(=O)N(c2ccccc2F)C1)C(=O)Nc1cc(F)ccc1F. The van der Waals surface area contributed by atoms with E-state index in [9.17, 15) is 27.6 Å².